The van der Waals surface area contributed by atoms with Gasteiger partial charge in [0.1, 0.15) is 11.2 Å². The molecular formula is C47H27N3OS. The van der Waals surface area contributed by atoms with Gasteiger partial charge in [-0.2, -0.15) is 0 Å². The van der Waals surface area contributed by atoms with Crippen molar-refractivity contribution >= 4 is 75.0 Å². The molecular weight excluding hydrogens is 655 g/mol. The van der Waals surface area contributed by atoms with E-state index in [4.69, 9.17) is 19.4 Å². The van der Waals surface area contributed by atoms with E-state index in [-0.39, 0.29) is 0 Å². The van der Waals surface area contributed by atoms with Crippen LogP contribution in [0.4, 0.5) is 0 Å². The van der Waals surface area contributed by atoms with Crippen LogP contribution >= 0.6 is 11.3 Å². The Balaban J connectivity index is 1.16. The Morgan fingerprint density at radius 3 is 1.81 bits per heavy atom. The van der Waals surface area contributed by atoms with E-state index >= 15 is 0 Å². The summed E-state index contributed by atoms with van der Waals surface area (Å²) in [6.45, 7) is 0. The Bertz CT molecular complexity index is 3180. The first-order valence-corrected chi connectivity index (χ1v) is 18.2. The Morgan fingerprint density at radius 2 is 0.981 bits per heavy atom. The molecule has 0 fully saturated rings. The van der Waals surface area contributed by atoms with Gasteiger partial charge in [-0.1, -0.05) is 140 Å². The van der Waals surface area contributed by atoms with Crippen LogP contribution in [0.1, 0.15) is 0 Å². The van der Waals surface area contributed by atoms with Crippen LogP contribution in [0.15, 0.2) is 168 Å². The van der Waals surface area contributed by atoms with Crippen LogP contribution < -0.4 is 0 Å². The van der Waals surface area contributed by atoms with Crippen molar-refractivity contribution in [2.24, 2.45) is 0 Å². The van der Waals surface area contributed by atoms with Crippen molar-refractivity contribution < 1.29 is 4.42 Å². The number of furan rings is 1. The summed E-state index contributed by atoms with van der Waals surface area (Å²) in [5.74, 6) is 1.86. The summed E-state index contributed by atoms with van der Waals surface area (Å²) in [6.07, 6.45) is 0. The molecule has 242 valence electrons. The van der Waals surface area contributed by atoms with Gasteiger partial charge in [0.25, 0.3) is 0 Å². The molecule has 5 heteroatoms. The third-order valence-electron chi connectivity index (χ3n) is 10.1. The molecule has 0 N–H and O–H groups in total. The summed E-state index contributed by atoms with van der Waals surface area (Å²) < 4.78 is 8.87. The lowest BCUT2D eigenvalue weighted by Gasteiger charge is -2.13. The van der Waals surface area contributed by atoms with Gasteiger partial charge in [0.05, 0.1) is 0 Å². The van der Waals surface area contributed by atoms with E-state index < -0.39 is 0 Å². The van der Waals surface area contributed by atoms with Gasteiger partial charge in [0, 0.05) is 53.0 Å². The van der Waals surface area contributed by atoms with Crippen LogP contribution in [-0.4, -0.2) is 15.0 Å². The van der Waals surface area contributed by atoms with E-state index in [2.05, 4.69) is 109 Å². The summed E-state index contributed by atoms with van der Waals surface area (Å²) in [7, 11) is 0. The van der Waals surface area contributed by atoms with Crippen molar-refractivity contribution in [3.05, 3.63) is 164 Å². The number of para-hydroxylation sites is 1. The minimum Gasteiger partial charge on any atom is -0.456 e. The average Bonchev–Trinajstić information content (AvgIpc) is 3.79. The Labute approximate surface area is 302 Å². The maximum Gasteiger partial charge on any atom is 0.164 e. The van der Waals surface area contributed by atoms with Crippen LogP contribution in [0.25, 0.3) is 109 Å². The lowest BCUT2D eigenvalue weighted by Crippen LogP contribution is -2.00. The number of fused-ring (bicyclic) bond motifs is 10. The van der Waals surface area contributed by atoms with Crippen molar-refractivity contribution in [2.75, 3.05) is 0 Å². The van der Waals surface area contributed by atoms with Gasteiger partial charge in [0.15, 0.2) is 17.5 Å². The molecule has 4 nitrogen and oxygen atoms in total. The van der Waals surface area contributed by atoms with Gasteiger partial charge in [-0.05, 0) is 51.6 Å². The molecule has 0 saturated heterocycles. The zero-order valence-electron chi connectivity index (χ0n) is 27.7. The molecule has 11 rings (SSSR count). The third-order valence-corrected chi connectivity index (χ3v) is 11.4. The number of aromatic nitrogens is 3. The zero-order chi connectivity index (χ0) is 34.2. The molecule has 0 unspecified atom stereocenters. The second kappa shape index (κ2) is 11.4. The van der Waals surface area contributed by atoms with Crippen LogP contribution in [0, 0.1) is 0 Å². The van der Waals surface area contributed by atoms with Gasteiger partial charge in [0.2, 0.25) is 0 Å². The van der Waals surface area contributed by atoms with E-state index in [9.17, 15) is 0 Å². The highest BCUT2D eigenvalue weighted by Gasteiger charge is 2.19. The molecule has 0 saturated carbocycles. The van der Waals surface area contributed by atoms with Crippen LogP contribution in [0.2, 0.25) is 0 Å². The summed E-state index contributed by atoms with van der Waals surface area (Å²) in [5, 5.41) is 9.42. The topological polar surface area (TPSA) is 51.8 Å². The SMILES string of the molecule is c1ccc(-c2nc(-c3ccc4c(c3)oc3ccccc34)nc(-c3cc4ccc5c6cccc(-c7ccccc7)c6sc5c4c4ccccc34)n2)cc1. The number of rotatable bonds is 4. The van der Waals surface area contributed by atoms with E-state index in [1.807, 2.05) is 65.9 Å². The molecule has 0 bridgehead atoms. The molecule has 8 aromatic carbocycles. The second-order valence-corrected chi connectivity index (χ2v) is 14.2. The van der Waals surface area contributed by atoms with Gasteiger partial charge in [-0.3, -0.25) is 0 Å². The summed E-state index contributed by atoms with van der Waals surface area (Å²) in [4.78, 5) is 15.4. The number of hydrogen-bond donors (Lipinski definition) is 0. The van der Waals surface area contributed by atoms with Crippen molar-refractivity contribution in [1.82, 2.24) is 15.0 Å². The lowest BCUT2D eigenvalue weighted by molar-refractivity contribution is 0.669. The quantitative estimate of drug-likeness (QED) is 0.174. The van der Waals surface area contributed by atoms with Crippen molar-refractivity contribution in [3.63, 3.8) is 0 Å². The highest BCUT2D eigenvalue weighted by Crippen LogP contribution is 2.46. The smallest absolute Gasteiger partial charge is 0.164 e. The first-order chi connectivity index (χ1) is 25.8. The largest absolute Gasteiger partial charge is 0.456 e. The van der Waals surface area contributed by atoms with Crippen LogP contribution in [-0.2, 0) is 0 Å². The molecule has 0 spiro atoms. The summed E-state index contributed by atoms with van der Waals surface area (Å²) in [6, 6.07) is 57.3. The first-order valence-electron chi connectivity index (χ1n) is 17.4. The average molecular weight is 682 g/mol. The Morgan fingerprint density at radius 1 is 0.365 bits per heavy atom. The standard InChI is InChI=1S/C47H27N3OS/c1-3-12-28(13-4-1)32-19-11-20-37-38-25-22-30-26-39(33-16-7-8-18-36(33)42(30)44(38)52-43(32)37)47-49-45(29-14-5-2-6-15-29)48-46(50-47)31-23-24-35-34-17-9-10-21-40(34)51-41(35)27-31/h1-27H. The fourth-order valence-electron chi connectivity index (χ4n) is 7.68. The van der Waals surface area contributed by atoms with E-state index in [1.54, 1.807) is 0 Å². The predicted molar refractivity (Wildman–Crippen MR) is 217 cm³/mol. The maximum atomic E-state index is 6.27. The Kier molecular flexibility index (Phi) is 6.39. The highest BCUT2D eigenvalue weighted by atomic mass is 32.1. The third kappa shape index (κ3) is 4.50. The van der Waals surface area contributed by atoms with Crippen LogP contribution in [0.3, 0.4) is 0 Å². The summed E-state index contributed by atoms with van der Waals surface area (Å²) in [5.41, 5.74) is 6.95. The van der Waals surface area contributed by atoms with Gasteiger partial charge < -0.3 is 4.42 Å². The monoisotopic (exact) mass is 681 g/mol. The lowest BCUT2D eigenvalue weighted by atomic mass is 9.95. The van der Waals surface area contributed by atoms with Crippen LogP contribution in [0.5, 0.6) is 0 Å². The molecule has 0 radical (unpaired) electrons. The van der Waals surface area contributed by atoms with Gasteiger partial charge in [-0.25, -0.2) is 15.0 Å². The first kappa shape index (κ1) is 29.1. The molecule has 0 atom stereocenters. The van der Waals surface area contributed by atoms with Gasteiger partial charge >= 0.3 is 0 Å². The fraction of sp³-hybridized carbons (Fsp3) is 0. The van der Waals surface area contributed by atoms with E-state index in [0.29, 0.717) is 17.5 Å². The van der Waals surface area contributed by atoms with Crippen molar-refractivity contribution in [2.45, 2.75) is 0 Å². The number of benzene rings is 8. The highest BCUT2D eigenvalue weighted by molar-refractivity contribution is 7.27. The van der Waals surface area contributed by atoms with Crippen molar-refractivity contribution in [1.29, 1.82) is 0 Å². The van der Waals surface area contributed by atoms with Gasteiger partial charge in [-0.15, -0.1) is 11.3 Å². The molecule has 0 aliphatic heterocycles. The maximum absolute atomic E-state index is 6.27. The van der Waals surface area contributed by atoms with E-state index in [0.717, 1.165) is 49.4 Å². The predicted octanol–water partition coefficient (Wildman–Crippen LogP) is 13.1. The minimum atomic E-state index is 0.601. The molecule has 0 amide bonds. The number of thiophene rings is 1. The molecule has 0 aliphatic rings. The van der Waals surface area contributed by atoms with Crippen molar-refractivity contribution in [3.8, 4) is 45.3 Å². The summed E-state index contributed by atoms with van der Waals surface area (Å²) >= 11 is 1.88. The molecule has 11 aromatic rings. The Hall–Kier alpha value is -6.69. The molecule has 3 aromatic heterocycles. The zero-order valence-corrected chi connectivity index (χ0v) is 28.6. The minimum absolute atomic E-state index is 0.601. The van der Waals surface area contributed by atoms with E-state index in [1.165, 1.54) is 42.1 Å². The molecule has 0 aliphatic carbocycles. The second-order valence-electron chi connectivity index (χ2n) is 13.1. The fourth-order valence-corrected chi connectivity index (χ4v) is 9.09. The number of hydrogen-bond acceptors (Lipinski definition) is 5. The number of nitrogens with zero attached hydrogens (tertiary/aromatic N) is 3. The molecule has 3 heterocycles. The molecule has 52 heavy (non-hydrogen) atoms. The normalized spacial score (nSPS) is 11.8.